The van der Waals surface area contributed by atoms with E-state index < -0.39 is 6.94 Å². The Labute approximate surface area is 111 Å². The Hall–Kier alpha value is 0.657. The van der Waals surface area contributed by atoms with Crippen molar-refractivity contribution in [2.45, 2.75) is 77.3 Å². The van der Waals surface area contributed by atoms with Crippen LogP contribution in [-0.2, 0) is 4.43 Å². The molecular formula is C13H29BrOSi. The maximum Gasteiger partial charge on any atom is 0.263 e. The number of hydrogen-bond acceptors (Lipinski definition) is 1. The molecular weight excluding hydrogens is 280 g/mol. The SMILES string of the molecule is CCCCCC[Si](Br)(CCCCCC)OC. The van der Waals surface area contributed by atoms with Gasteiger partial charge in [-0.05, 0) is 12.1 Å². The summed E-state index contributed by atoms with van der Waals surface area (Å²) in [5.74, 6) is 0. The molecule has 0 aliphatic rings. The second-order valence-electron chi connectivity index (χ2n) is 4.71. The van der Waals surface area contributed by atoms with Gasteiger partial charge in [-0.2, -0.15) is 0 Å². The van der Waals surface area contributed by atoms with Crippen molar-refractivity contribution in [3.63, 3.8) is 0 Å². The molecule has 0 saturated carbocycles. The van der Waals surface area contributed by atoms with Crippen LogP contribution in [0.1, 0.15) is 65.2 Å². The molecule has 0 unspecified atom stereocenters. The summed E-state index contributed by atoms with van der Waals surface area (Å²) in [4.78, 5) is 0. The van der Waals surface area contributed by atoms with E-state index in [9.17, 15) is 0 Å². The standard InChI is InChI=1S/C13H29BrOSi/c1-4-6-8-10-12-16(14,15-3)13-11-9-7-5-2/h4-13H2,1-3H3. The Morgan fingerprint density at radius 2 is 1.25 bits per heavy atom. The molecule has 0 amide bonds. The third-order valence-electron chi connectivity index (χ3n) is 3.17. The largest absolute Gasteiger partial charge is 0.410 e. The van der Waals surface area contributed by atoms with Crippen molar-refractivity contribution in [1.82, 2.24) is 0 Å². The Bertz CT molecular complexity index is 141. The topological polar surface area (TPSA) is 9.23 Å². The van der Waals surface area contributed by atoms with E-state index in [0.29, 0.717) is 0 Å². The molecule has 0 rings (SSSR count). The first-order valence-corrected chi connectivity index (χ1v) is 11.5. The molecule has 0 radical (unpaired) electrons. The van der Waals surface area contributed by atoms with Crippen LogP contribution in [0.3, 0.4) is 0 Å². The second kappa shape index (κ2) is 10.8. The summed E-state index contributed by atoms with van der Waals surface area (Å²) < 4.78 is 5.75. The quantitative estimate of drug-likeness (QED) is 0.273. The number of rotatable bonds is 11. The Kier molecular flexibility index (Phi) is 11.2. The normalized spacial score (nSPS) is 12.0. The van der Waals surface area contributed by atoms with Crippen molar-refractivity contribution in [3.8, 4) is 0 Å². The minimum absolute atomic E-state index is 1.29. The average molecular weight is 309 g/mol. The summed E-state index contributed by atoms with van der Waals surface area (Å²) >= 11 is 3.91. The fourth-order valence-corrected chi connectivity index (χ4v) is 5.86. The highest BCUT2D eigenvalue weighted by Gasteiger charge is 2.29. The molecule has 0 aromatic carbocycles. The van der Waals surface area contributed by atoms with Gasteiger partial charge in [0.1, 0.15) is 0 Å². The van der Waals surface area contributed by atoms with Gasteiger partial charge in [0, 0.05) is 7.11 Å². The van der Waals surface area contributed by atoms with Crippen LogP contribution in [0.25, 0.3) is 0 Å². The second-order valence-corrected chi connectivity index (χ2v) is 12.2. The fourth-order valence-electron chi connectivity index (χ4n) is 1.96. The highest BCUT2D eigenvalue weighted by atomic mass is 79.9. The molecule has 0 bridgehead atoms. The first kappa shape index (κ1) is 16.7. The van der Waals surface area contributed by atoms with Gasteiger partial charge < -0.3 is 4.43 Å². The maximum absolute atomic E-state index is 5.75. The molecule has 0 spiro atoms. The summed E-state index contributed by atoms with van der Waals surface area (Å²) in [6, 6.07) is 2.57. The highest BCUT2D eigenvalue weighted by molar-refractivity contribution is 9.25. The van der Waals surface area contributed by atoms with Crippen LogP contribution in [0.2, 0.25) is 12.1 Å². The Morgan fingerprint density at radius 3 is 1.56 bits per heavy atom. The third-order valence-corrected chi connectivity index (χ3v) is 9.46. The summed E-state index contributed by atoms with van der Waals surface area (Å²) in [5, 5.41) is 0. The van der Waals surface area contributed by atoms with Gasteiger partial charge in [0.05, 0.1) is 0 Å². The third kappa shape index (κ3) is 8.77. The molecule has 0 aliphatic heterocycles. The molecule has 0 aromatic rings. The summed E-state index contributed by atoms with van der Waals surface area (Å²) in [6.45, 7) is 3.02. The molecule has 16 heavy (non-hydrogen) atoms. The van der Waals surface area contributed by atoms with Crippen LogP contribution >= 0.6 is 15.3 Å². The van der Waals surface area contributed by atoms with E-state index >= 15 is 0 Å². The van der Waals surface area contributed by atoms with Gasteiger partial charge in [0.2, 0.25) is 0 Å². The van der Waals surface area contributed by atoms with Gasteiger partial charge in [-0.25, -0.2) is 0 Å². The maximum atomic E-state index is 5.75. The molecule has 0 N–H and O–H groups in total. The summed E-state index contributed by atoms with van der Waals surface area (Å²) in [5.41, 5.74) is 0. The van der Waals surface area contributed by atoms with Gasteiger partial charge in [0.25, 0.3) is 6.94 Å². The Balaban J connectivity index is 3.64. The predicted molar refractivity (Wildman–Crippen MR) is 79.6 cm³/mol. The monoisotopic (exact) mass is 308 g/mol. The van der Waals surface area contributed by atoms with Crippen LogP contribution in [0, 0.1) is 0 Å². The lowest BCUT2D eigenvalue weighted by atomic mass is 10.2. The molecule has 0 atom stereocenters. The van der Waals surface area contributed by atoms with Crippen LogP contribution in [-0.4, -0.2) is 14.0 Å². The zero-order chi connectivity index (χ0) is 12.3. The van der Waals surface area contributed by atoms with Crippen molar-refractivity contribution < 1.29 is 4.43 Å². The first-order chi connectivity index (χ1) is 7.68. The minimum atomic E-state index is -1.51. The molecule has 98 valence electrons. The lowest BCUT2D eigenvalue weighted by Crippen LogP contribution is -2.29. The van der Waals surface area contributed by atoms with Crippen molar-refractivity contribution in [2.75, 3.05) is 7.11 Å². The molecule has 0 aromatic heterocycles. The van der Waals surface area contributed by atoms with E-state index in [4.69, 9.17) is 4.43 Å². The van der Waals surface area contributed by atoms with Crippen molar-refractivity contribution in [1.29, 1.82) is 0 Å². The van der Waals surface area contributed by atoms with Crippen LogP contribution in [0.15, 0.2) is 0 Å². The molecule has 1 nitrogen and oxygen atoms in total. The number of hydrogen-bond donors (Lipinski definition) is 0. The predicted octanol–water partition coefficient (Wildman–Crippen LogP) is 5.63. The zero-order valence-corrected chi connectivity index (χ0v) is 13.9. The van der Waals surface area contributed by atoms with E-state index in [1.165, 1.54) is 63.5 Å². The van der Waals surface area contributed by atoms with Crippen molar-refractivity contribution >= 4 is 22.2 Å². The van der Waals surface area contributed by atoms with Gasteiger partial charge in [-0.15, -0.1) is 0 Å². The molecule has 0 fully saturated rings. The molecule has 0 aliphatic carbocycles. The molecule has 0 heterocycles. The number of halogens is 1. The van der Waals surface area contributed by atoms with Crippen LogP contribution in [0.4, 0.5) is 0 Å². The molecule has 3 heteroatoms. The summed E-state index contributed by atoms with van der Waals surface area (Å²) in [7, 11) is 1.89. The lowest BCUT2D eigenvalue weighted by Gasteiger charge is -2.23. The van der Waals surface area contributed by atoms with Gasteiger partial charge in [0.15, 0.2) is 0 Å². The van der Waals surface area contributed by atoms with E-state index in [2.05, 4.69) is 29.1 Å². The van der Waals surface area contributed by atoms with Gasteiger partial charge >= 0.3 is 0 Å². The van der Waals surface area contributed by atoms with Gasteiger partial charge in [-0.3, -0.25) is 0 Å². The molecule has 0 saturated heterocycles. The smallest absolute Gasteiger partial charge is 0.263 e. The Morgan fingerprint density at radius 1 is 0.812 bits per heavy atom. The fraction of sp³-hybridized carbons (Fsp3) is 1.00. The van der Waals surface area contributed by atoms with Crippen molar-refractivity contribution in [2.24, 2.45) is 0 Å². The van der Waals surface area contributed by atoms with Crippen LogP contribution < -0.4 is 0 Å². The number of unbranched alkanes of at least 4 members (excludes halogenated alkanes) is 6. The van der Waals surface area contributed by atoms with Crippen molar-refractivity contribution in [3.05, 3.63) is 0 Å². The van der Waals surface area contributed by atoms with E-state index in [0.717, 1.165) is 0 Å². The zero-order valence-electron chi connectivity index (χ0n) is 11.4. The van der Waals surface area contributed by atoms with E-state index in [-0.39, 0.29) is 0 Å². The van der Waals surface area contributed by atoms with Crippen LogP contribution in [0.5, 0.6) is 0 Å². The highest BCUT2D eigenvalue weighted by Crippen LogP contribution is 2.29. The first-order valence-electron chi connectivity index (χ1n) is 6.92. The van der Waals surface area contributed by atoms with E-state index in [1.807, 2.05) is 7.11 Å². The van der Waals surface area contributed by atoms with Gasteiger partial charge in [-0.1, -0.05) is 80.5 Å². The summed E-state index contributed by atoms with van der Waals surface area (Å²) in [6.07, 6.45) is 10.8. The van der Waals surface area contributed by atoms with E-state index in [1.54, 1.807) is 0 Å². The lowest BCUT2D eigenvalue weighted by molar-refractivity contribution is 0.407. The average Bonchev–Trinajstić information content (AvgIpc) is 2.31. The minimum Gasteiger partial charge on any atom is -0.410 e.